The molecule has 0 saturated carbocycles. The number of nitrogens with one attached hydrogen (secondary N) is 1. The van der Waals surface area contributed by atoms with Gasteiger partial charge in [0.1, 0.15) is 0 Å². The fraction of sp³-hybridized carbons (Fsp3) is 0.300. The first-order valence-electron chi connectivity index (χ1n) is 9.19. The highest BCUT2D eigenvalue weighted by atomic mass is 32.2. The van der Waals surface area contributed by atoms with Gasteiger partial charge in [-0.1, -0.05) is 6.07 Å². The minimum Gasteiger partial charge on any atom is -0.452 e. The normalized spacial score (nSPS) is 13.9. The molecule has 1 saturated heterocycles. The molecular weight excluding hydrogens is 394 g/mol. The van der Waals surface area contributed by atoms with Gasteiger partial charge in [0, 0.05) is 24.5 Å². The molecule has 8 nitrogen and oxygen atoms in total. The molecule has 1 aliphatic rings. The monoisotopic (exact) mass is 417 g/mol. The summed E-state index contributed by atoms with van der Waals surface area (Å²) in [5.74, 6) is -1.29. The zero-order valence-corrected chi connectivity index (χ0v) is 16.9. The molecule has 0 aliphatic carbocycles. The van der Waals surface area contributed by atoms with Crippen molar-refractivity contribution in [3.8, 4) is 0 Å². The van der Waals surface area contributed by atoms with Gasteiger partial charge in [-0.05, 0) is 61.7 Å². The third kappa shape index (κ3) is 5.33. The summed E-state index contributed by atoms with van der Waals surface area (Å²) >= 11 is 0. The predicted molar refractivity (Wildman–Crippen MR) is 109 cm³/mol. The van der Waals surface area contributed by atoms with E-state index < -0.39 is 28.5 Å². The first kappa shape index (κ1) is 20.8. The number of amides is 1. The maximum absolute atomic E-state index is 12.2. The quantitative estimate of drug-likeness (QED) is 0.694. The highest BCUT2D eigenvalue weighted by Gasteiger charge is 2.17. The number of primary sulfonamides is 1. The highest BCUT2D eigenvalue weighted by Crippen LogP contribution is 2.22. The lowest BCUT2D eigenvalue weighted by molar-refractivity contribution is -0.119. The second kappa shape index (κ2) is 8.62. The second-order valence-corrected chi connectivity index (χ2v) is 8.45. The second-order valence-electron chi connectivity index (χ2n) is 6.89. The van der Waals surface area contributed by atoms with Crippen molar-refractivity contribution in [3.63, 3.8) is 0 Å². The molecule has 29 heavy (non-hydrogen) atoms. The van der Waals surface area contributed by atoms with Crippen LogP contribution in [0.25, 0.3) is 0 Å². The number of carbonyl (C=O) groups excluding carboxylic acids is 2. The maximum atomic E-state index is 12.2. The van der Waals surface area contributed by atoms with Crippen molar-refractivity contribution >= 4 is 33.3 Å². The van der Waals surface area contributed by atoms with Crippen LogP contribution >= 0.6 is 0 Å². The van der Waals surface area contributed by atoms with E-state index in [9.17, 15) is 18.0 Å². The topological polar surface area (TPSA) is 119 Å². The standard InChI is InChI=1S/C20H23N3O5S/c1-14-4-9-17(29(21,26)27)12-18(14)20(25)28-13-19(24)22-15-5-7-16(8-6-15)23-10-2-3-11-23/h4-9,12H,2-3,10-11,13H2,1H3,(H,22,24)(H2,21,26,27). The summed E-state index contributed by atoms with van der Waals surface area (Å²) in [4.78, 5) is 26.4. The van der Waals surface area contributed by atoms with Crippen molar-refractivity contribution in [2.75, 3.05) is 29.9 Å². The Morgan fingerprint density at radius 1 is 1.10 bits per heavy atom. The van der Waals surface area contributed by atoms with Crippen LogP contribution in [-0.4, -0.2) is 40.0 Å². The minimum atomic E-state index is -3.95. The summed E-state index contributed by atoms with van der Waals surface area (Å²) in [6.07, 6.45) is 2.37. The van der Waals surface area contributed by atoms with Crippen LogP contribution in [-0.2, 0) is 19.6 Å². The molecular formula is C20H23N3O5S. The van der Waals surface area contributed by atoms with Gasteiger partial charge >= 0.3 is 5.97 Å². The molecule has 0 aromatic heterocycles. The number of nitrogens with two attached hydrogens (primary N) is 1. The first-order chi connectivity index (χ1) is 13.7. The van der Waals surface area contributed by atoms with E-state index in [0.717, 1.165) is 24.8 Å². The van der Waals surface area contributed by atoms with Crippen molar-refractivity contribution in [1.82, 2.24) is 0 Å². The van der Waals surface area contributed by atoms with Gasteiger partial charge in [0.15, 0.2) is 6.61 Å². The molecule has 3 rings (SSSR count). The zero-order valence-electron chi connectivity index (χ0n) is 16.1. The molecule has 0 bridgehead atoms. The molecule has 9 heteroatoms. The van der Waals surface area contributed by atoms with Gasteiger partial charge in [0.05, 0.1) is 10.5 Å². The van der Waals surface area contributed by atoms with Crippen LogP contribution < -0.4 is 15.4 Å². The summed E-state index contributed by atoms with van der Waals surface area (Å²) in [5.41, 5.74) is 2.26. The number of sulfonamides is 1. The number of hydrogen-bond acceptors (Lipinski definition) is 6. The molecule has 0 radical (unpaired) electrons. The van der Waals surface area contributed by atoms with Crippen molar-refractivity contribution < 1.29 is 22.7 Å². The molecule has 3 N–H and O–H groups in total. The Kier molecular flexibility index (Phi) is 6.19. The Bertz CT molecular complexity index is 1010. The molecule has 1 aliphatic heterocycles. The highest BCUT2D eigenvalue weighted by molar-refractivity contribution is 7.89. The maximum Gasteiger partial charge on any atom is 0.338 e. The third-order valence-corrected chi connectivity index (χ3v) is 5.63. The molecule has 154 valence electrons. The lowest BCUT2D eigenvalue weighted by atomic mass is 10.1. The van der Waals surface area contributed by atoms with Crippen LogP contribution in [0, 0.1) is 6.92 Å². The lowest BCUT2D eigenvalue weighted by Crippen LogP contribution is -2.22. The van der Waals surface area contributed by atoms with E-state index in [1.165, 1.54) is 25.0 Å². The Morgan fingerprint density at radius 2 is 1.76 bits per heavy atom. The Hall–Kier alpha value is -2.91. The van der Waals surface area contributed by atoms with E-state index in [2.05, 4.69) is 10.2 Å². The van der Waals surface area contributed by atoms with Gasteiger partial charge < -0.3 is 15.0 Å². The number of anilines is 2. The van der Waals surface area contributed by atoms with E-state index in [1.54, 1.807) is 19.1 Å². The smallest absolute Gasteiger partial charge is 0.338 e. The van der Waals surface area contributed by atoms with E-state index in [4.69, 9.17) is 9.88 Å². The zero-order chi connectivity index (χ0) is 21.0. The summed E-state index contributed by atoms with van der Waals surface area (Å²) in [6.45, 7) is 3.21. The van der Waals surface area contributed by atoms with Crippen LogP contribution in [0.4, 0.5) is 11.4 Å². The average Bonchev–Trinajstić information content (AvgIpc) is 3.21. The number of aryl methyl sites for hydroxylation is 1. The molecule has 2 aromatic carbocycles. The largest absolute Gasteiger partial charge is 0.452 e. The van der Waals surface area contributed by atoms with E-state index in [1.807, 2.05) is 12.1 Å². The van der Waals surface area contributed by atoms with Gasteiger partial charge in [-0.2, -0.15) is 0 Å². The van der Waals surface area contributed by atoms with Crippen LogP contribution in [0.3, 0.4) is 0 Å². The van der Waals surface area contributed by atoms with E-state index in [-0.39, 0.29) is 10.5 Å². The van der Waals surface area contributed by atoms with Crippen LogP contribution in [0.1, 0.15) is 28.8 Å². The molecule has 1 amide bonds. The van der Waals surface area contributed by atoms with Crippen molar-refractivity contribution in [2.45, 2.75) is 24.7 Å². The Labute approximate surface area is 169 Å². The summed E-state index contributed by atoms with van der Waals surface area (Å²) in [6, 6.07) is 11.4. The number of rotatable bonds is 6. The molecule has 0 spiro atoms. The Morgan fingerprint density at radius 3 is 2.38 bits per heavy atom. The number of carbonyl (C=O) groups is 2. The molecule has 2 aromatic rings. The van der Waals surface area contributed by atoms with Gasteiger partial charge in [0.25, 0.3) is 5.91 Å². The number of hydrogen-bond donors (Lipinski definition) is 2. The van der Waals surface area contributed by atoms with Crippen molar-refractivity contribution in [1.29, 1.82) is 0 Å². The fourth-order valence-electron chi connectivity index (χ4n) is 3.13. The minimum absolute atomic E-state index is 0.0410. The molecule has 1 fully saturated rings. The summed E-state index contributed by atoms with van der Waals surface area (Å²) < 4.78 is 27.9. The summed E-state index contributed by atoms with van der Waals surface area (Å²) in [7, 11) is -3.95. The fourth-order valence-corrected chi connectivity index (χ4v) is 3.67. The molecule has 0 unspecified atom stereocenters. The van der Waals surface area contributed by atoms with Crippen molar-refractivity contribution in [3.05, 3.63) is 53.6 Å². The third-order valence-electron chi connectivity index (χ3n) is 4.71. The van der Waals surface area contributed by atoms with Gasteiger partial charge in [-0.15, -0.1) is 0 Å². The van der Waals surface area contributed by atoms with Gasteiger partial charge in [-0.3, -0.25) is 4.79 Å². The SMILES string of the molecule is Cc1ccc(S(N)(=O)=O)cc1C(=O)OCC(=O)Nc1ccc(N2CCCC2)cc1. The number of benzene rings is 2. The Balaban J connectivity index is 1.57. The lowest BCUT2D eigenvalue weighted by Gasteiger charge is -2.17. The number of nitrogens with zero attached hydrogens (tertiary/aromatic N) is 1. The van der Waals surface area contributed by atoms with Gasteiger partial charge in [0.2, 0.25) is 10.0 Å². The van der Waals surface area contributed by atoms with E-state index in [0.29, 0.717) is 11.3 Å². The number of esters is 1. The van der Waals surface area contributed by atoms with E-state index >= 15 is 0 Å². The van der Waals surface area contributed by atoms with Crippen molar-refractivity contribution in [2.24, 2.45) is 5.14 Å². The van der Waals surface area contributed by atoms with Crippen LogP contribution in [0.15, 0.2) is 47.4 Å². The van der Waals surface area contributed by atoms with Gasteiger partial charge in [-0.25, -0.2) is 18.4 Å². The predicted octanol–water partition coefficient (Wildman–Crippen LogP) is 2.04. The summed E-state index contributed by atoms with van der Waals surface area (Å²) in [5, 5.41) is 7.75. The molecule has 1 heterocycles. The average molecular weight is 417 g/mol. The number of ether oxygens (including phenoxy) is 1. The van der Waals surface area contributed by atoms with Crippen LogP contribution in [0.2, 0.25) is 0 Å². The first-order valence-corrected chi connectivity index (χ1v) is 10.7. The molecule has 0 atom stereocenters. The van der Waals surface area contributed by atoms with Crippen LogP contribution in [0.5, 0.6) is 0 Å².